The lowest BCUT2D eigenvalue weighted by Crippen LogP contribution is -2.29. The molecule has 0 N–H and O–H groups in total. The number of hydrogen-bond donors (Lipinski definition) is 0. The van der Waals surface area contributed by atoms with Gasteiger partial charge in [-0.15, -0.1) is 0 Å². The van der Waals surface area contributed by atoms with E-state index < -0.39 is 0 Å². The van der Waals surface area contributed by atoms with Crippen LogP contribution in [0.3, 0.4) is 0 Å². The maximum Gasteiger partial charge on any atom is -0.0323 e. The molecule has 0 bridgehead atoms. The summed E-state index contributed by atoms with van der Waals surface area (Å²) in [6.07, 6.45) is 10.1. The Morgan fingerprint density at radius 1 is 1.14 bits per heavy atom. The van der Waals surface area contributed by atoms with E-state index in [0.29, 0.717) is 5.41 Å². The monoisotopic (exact) mass is 196 g/mol. The maximum absolute atomic E-state index is 2.52. The summed E-state index contributed by atoms with van der Waals surface area (Å²) in [4.78, 5) is 0. The zero-order valence-electron chi connectivity index (χ0n) is 10.6. The Labute approximate surface area is 90.5 Å². The lowest BCUT2D eigenvalue weighted by atomic mass is 9.65. The van der Waals surface area contributed by atoms with Gasteiger partial charge in [-0.25, -0.2) is 0 Å². The minimum Gasteiger partial charge on any atom is -0.0654 e. The van der Waals surface area contributed by atoms with Crippen LogP contribution in [0.4, 0.5) is 0 Å². The summed E-state index contributed by atoms with van der Waals surface area (Å²) in [6, 6.07) is 0. The quantitative estimate of drug-likeness (QED) is 0.553. The van der Waals surface area contributed by atoms with Crippen molar-refractivity contribution < 1.29 is 0 Å². The van der Waals surface area contributed by atoms with Gasteiger partial charge in [0.05, 0.1) is 0 Å². The number of hydrogen-bond acceptors (Lipinski definition) is 0. The van der Waals surface area contributed by atoms with E-state index in [9.17, 15) is 0 Å². The van der Waals surface area contributed by atoms with Gasteiger partial charge in [-0.3, -0.25) is 0 Å². The van der Waals surface area contributed by atoms with E-state index in [1.165, 1.54) is 44.9 Å². The van der Waals surface area contributed by atoms with E-state index in [1.54, 1.807) is 0 Å². The van der Waals surface area contributed by atoms with Gasteiger partial charge in [-0.2, -0.15) is 0 Å². The van der Waals surface area contributed by atoms with E-state index in [4.69, 9.17) is 0 Å². The molecule has 1 saturated carbocycles. The van der Waals surface area contributed by atoms with Gasteiger partial charge in [0.2, 0.25) is 0 Å². The smallest absolute Gasteiger partial charge is 0.0323 e. The highest BCUT2D eigenvalue weighted by Crippen LogP contribution is 2.44. The zero-order valence-corrected chi connectivity index (χ0v) is 10.6. The second-order valence-corrected chi connectivity index (χ2v) is 5.97. The summed E-state index contributed by atoms with van der Waals surface area (Å²) in [6.45, 7) is 9.69. The minimum absolute atomic E-state index is 0.682. The zero-order chi connectivity index (χ0) is 10.6. The highest BCUT2D eigenvalue weighted by atomic mass is 14.4. The van der Waals surface area contributed by atoms with Crippen molar-refractivity contribution in [1.82, 2.24) is 0 Å². The average Bonchev–Trinajstić information content (AvgIpc) is 2.13. The molecule has 0 aromatic heterocycles. The first-order chi connectivity index (χ1) is 6.57. The summed E-state index contributed by atoms with van der Waals surface area (Å²) in [5.74, 6) is 1.92. The van der Waals surface area contributed by atoms with E-state index in [-0.39, 0.29) is 0 Å². The lowest BCUT2D eigenvalue weighted by molar-refractivity contribution is 0.109. The van der Waals surface area contributed by atoms with Gasteiger partial charge in [0.1, 0.15) is 0 Å². The van der Waals surface area contributed by atoms with Crippen LogP contribution in [0, 0.1) is 17.3 Å². The minimum atomic E-state index is 0.682. The standard InChI is InChI=1S/C14H28/c1-5-6-7-9-14(4)10-8-12(2)13(3)11-14/h12-13H,5-11H2,1-4H3. The van der Waals surface area contributed by atoms with E-state index in [0.717, 1.165) is 11.8 Å². The Hall–Kier alpha value is 0. The average molecular weight is 196 g/mol. The molecule has 0 spiro atoms. The third kappa shape index (κ3) is 3.29. The van der Waals surface area contributed by atoms with Gasteiger partial charge in [-0.1, -0.05) is 47.0 Å². The Morgan fingerprint density at radius 2 is 1.86 bits per heavy atom. The summed E-state index contributed by atoms with van der Waals surface area (Å²) in [7, 11) is 0. The topological polar surface area (TPSA) is 0 Å². The van der Waals surface area contributed by atoms with Crippen molar-refractivity contribution in [2.24, 2.45) is 17.3 Å². The molecular weight excluding hydrogens is 168 g/mol. The first kappa shape index (κ1) is 12.1. The predicted molar refractivity (Wildman–Crippen MR) is 64.4 cm³/mol. The van der Waals surface area contributed by atoms with Crippen LogP contribution in [-0.4, -0.2) is 0 Å². The first-order valence-corrected chi connectivity index (χ1v) is 6.57. The van der Waals surface area contributed by atoms with Crippen molar-refractivity contribution in [3.05, 3.63) is 0 Å². The molecule has 0 radical (unpaired) electrons. The lowest BCUT2D eigenvalue weighted by Gasteiger charge is -2.40. The van der Waals surface area contributed by atoms with Crippen molar-refractivity contribution >= 4 is 0 Å². The molecule has 1 rings (SSSR count). The Morgan fingerprint density at radius 3 is 2.43 bits per heavy atom. The first-order valence-electron chi connectivity index (χ1n) is 6.57. The molecule has 0 aromatic carbocycles. The van der Waals surface area contributed by atoms with Gasteiger partial charge in [0.15, 0.2) is 0 Å². The van der Waals surface area contributed by atoms with E-state index >= 15 is 0 Å². The van der Waals surface area contributed by atoms with Gasteiger partial charge in [-0.05, 0) is 42.9 Å². The van der Waals surface area contributed by atoms with Gasteiger partial charge in [0, 0.05) is 0 Å². The van der Waals surface area contributed by atoms with Crippen LogP contribution >= 0.6 is 0 Å². The van der Waals surface area contributed by atoms with Crippen molar-refractivity contribution in [2.45, 2.75) is 72.6 Å². The van der Waals surface area contributed by atoms with Crippen LogP contribution in [0.5, 0.6) is 0 Å². The van der Waals surface area contributed by atoms with Gasteiger partial charge in [0.25, 0.3) is 0 Å². The SMILES string of the molecule is CCCCCC1(C)CCC(C)C(C)C1. The van der Waals surface area contributed by atoms with Crippen LogP contribution in [0.1, 0.15) is 72.6 Å². The molecule has 14 heavy (non-hydrogen) atoms. The third-order valence-corrected chi connectivity index (χ3v) is 4.37. The van der Waals surface area contributed by atoms with Gasteiger partial charge >= 0.3 is 0 Å². The summed E-state index contributed by atoms with van der Waals surface area (Å²) >= 11 is 0. The van der Waals surface area contributed by atoms with Crippen molar-refractivity contribution in [2.75, 3.05) is 0 Å². The van der Waals surface area contributed by atoms with Crippen molar-refractivity contribution in [1.29, 1.82) is 0 Å². The summed E-state index contributed by atoms with van der Waals surface area (Å²) in [5, 5.41) is 0. The molecule has 84 valence electrons. The number of rotatable bonds is 4. The fraction of sp³-hybridized carbons (Fsp3) is 1.00. The van der Waals surface area contributed by atoms with Crippen LogP contribution < -0.4 is 0 Å². The molecule has 0 saturated heterocycles. The van der Waals surface area contributed by atoms with Crippen molar-refractivity contribution in [3.63, 3.8) is 0 Å². The molecule has 0 heteroatoms. The van der Waals surface area contributed by atoms with E-state index in [1.807, 2.05) is 0 Å². The van der Waals surface area contributed by atoms with E-state index in [2.05, 4.69) is 27.7 Å². The molecule has 0 nitrogen and oxygen atoms in total. The van der Waals surface area contributed by atoms with Crippen LogP contribution in [0.2, 0.25) is 0 Å². The van der Waals surface area contributed by atoms with Crippen LogP contribution in [0.15, 0.2) is 0 Å². The van der Waals surface area contributed by atoms with Crippen molar-refractivity contribution in [3.8, 4) is 0 Å². The molecule has 3 unspecified atom stereocenters. The highest BCUT2D eigenvalue weighted by molar-refractivity contribution is 4.84. The summed E-state index contributed by atoms with van der Waals surface area (Å²) in [5.41, 5.74) is 0.682. The molecule has 3 atom stereocenters. The second kappa shape index (κ2) is 5.19. The predicted octanol–water partition coefficient (Wildman–Crippen LogP) is 5.03. The fourth-order valence-corrected chi connectivity index (χ4v) is 2.97. The highest BCUT2D eigenvalue weighted by Gasteiger charge is 2.32. The normalized spacial score (nSPS) is 38.6. The largest absolute Gasteiger partial charge is 0.0654 e. The second-order valence-electron chi connectivity index (χ2n) is 5.97. The third-order valence-electron chi connectivity index (χ3n) is 4.37. The molecule has 0 aromatic rings. The Bertz CT molecular complexity index is 161. The van der Waals surface area contributed by atoms with Crippen LogP contribution in [0.25, 0.3) is 0 Å². The maximum atomic E-state index is 2.52. The molecule has 0 heterocycles. The Balaban J connectivity index is 2.34. The fourth-order valence-electron chi connectivity index (χ4n) is 2.97. The number of unbranched alkanes of at least 4 members (excludes halogenated alkanes) is 2. The Kier molecular flexibility index (Phi) is 4.47. The molecule has 0 aliphatic heterocycles. The molecule has 1 fully saturated rings. The van der Waals surface area contributed by atoms with Gasteiger partial charge < -0.3 is 0 Å². The molecule has 1 aliphatic rings. The molecule has 0 amide bonds. The van der Waals surface area contributed by atoms with Crippen LogP contribution in [-0.2, 0) is 0 Å². The molecule has 1 aliphatic carbocycles. The summed E-state index contributed by atoms with van der Waals surface area (Å²) < 4.78 is 0. The molecular formula is C14H28.